The fraction of sp³-hybridized carbons (Fsp3) is 0.333. The summed E-state index contributed by atoms with van der Waals surface area (Å²) in [5.41, 5.74) is 0.254. The fourth-order valence-corrected chi connectivity index (χ4v) is 5.31. The quantitative estimate of drug-likeness (QED) is 0.587. The van der Waals surface area contributed by atoms with Gasteiger partial charge in [-0.15, -0.1) is 0 Å². The lowest BCUT2D eigenvalue weighted by Crippen LogP contribution is -2.58. The predicted molar refractivity (Wildman–Crippen MR) is 110 cm³/mol. The second-order valence-corrected chi connectivity index (χ2v) is 8.46. The Morgan fingerprint density at radius 3 is 2.93 bits per heavy atom. The average molecular weight is 424 g/mol. The molecule has 0 saturated heterocycles. The molecule has 0 radical (unpaired) electrons. The molecule has 1 aromatic carbocycles. The van der Waals surface area contributed by atoms with Gasteiger partial charge in [0.15, 0.2) is 4.80 Å². The molecule has 9 heteroatoms. The molecule has 0 N–H and O–H groups in total. The summed E-state index contributed by atoms with van der Waals surface area (Å²) >= 11 is 1.28. The molecule has 0 amide bonds. The number of thiazole rings is 1. The number of esters is 1. The molecule has 2 aromatic heterocycles. The van der Waals surface area contributed by atoms with E-state index in [0.29, 0.717) is 15.1 Å². The summed E-state index contributed by atoms with van der Waals surface area (Å²) in [5.74, 6) is -0.612. The van der Waals surface area contributed by atoms with E-state index in [-0.39, 0.29) is 5.56 Å². The van der Waals surface area contributed by atoms with Gasteiger partial charge in [0.05, 0.1) is 23.9 Å². The van der Waals surface area contributed by atoms with Crippen LogP contribution in [0.2, 0.25) is 0 Å². The Bertz CT molecular complexity index is 1340. The molecule has 30 heavy (non-hydrogen) atoms. The van der Waals surface area contributed by atoms with Gasteiger partial charge in [0.2, 0.25) is 5.72 Å². The van der Waals surface area contributed by atoms with Crippen molar-refractivity contribution in [2.75, 3.05) is 7.11 Å². The third-order valence-corrected chi connectivity index (χ3v) is 6.59. The van der Waals surface area contributed by atoms with Crippen molar-refractivity contribution in [2.45, 2.75) is 32.2 Å². The average Bonchev–Trinajstić information content (AvgIpc) is 3.30. The number of nitrogens with zero attached hydrogens (tertiary/aromatic N) is 4. The molecule has 0 spiro atoms. The van der Waals surface area contributed by atoms with Crippen LogP contribution in [-0.2, 0) is 16.1 Å². The molecule has 2 aliphatic rings. The number of carbonyl (C=O) groups excluding carboxylic acids is 1. The van der Waals surface area contributed by atoms with E-state index in [0.717, 1.165) is 17.7 Å². The van der Waals surface area contributed by atoms with E-state index in [9.17, 15) is 9.59 Å². The SMILES string of the molecule is CCn1cc(C=c2sc3n(c2=O)C2c4ccccc4OC(C)(N=3)C2C(=O)OC)cn1. The van der Waals surface area contributed by atoms with Crippen LogP contribution in [0.25, 0.3) is 6.08 Å². The predicted octanol–water partition coefficient (Wildman–Crippen LogP) is 1.08. The number of rotatable bonds is 3. The third kappa shape index (κ3) is 2.65. The first-order valence-electron chi connectivity index (χ1n) is 9.66. The minimum absolute atomic E-state index is 0.194. The molecule has 154 valence electrons. The Morgan fingerprint density at radius 2 is 2.20 bits per heavy atom. The van der Waals surface area contributed by atoms with Crippen LogP contribution in [0.4, 0.5) is 0 Å². The molecule has 0 aliphatic carbocycles. The monoisotopic (exact) mass is 424 g/mol. The fourth-order valence-electron chi connectivity index (χ4n) is 4.21. The second kappa shape index (κ2) is 6.66. The highest BCUT2D eigenvalue weighted by Gasteiger charge is 2.55. The standard InChI is InChI=1S/C21H20N4O4S/c1-4-24-11-12(10-22-24)9-15-18(26)25-17-13-7-5-6-8-14(13)29-21(2,23-20(25)30-15)16(17)19(27)28-3/h5-11,16-17H,4H2,1-3H3. The maximum Gasteiger partial charge on any atom is 0.317 e. The minimum Gasteiger partial charge on any atom is -0.469 e. The van der Waals surface area contributed by atoms with Crippen molar-refractivity contribution < 1.29 is 14.3 Å². The summed E-state index contributed by atoms with van der Waals surface area (Å²) < 4.78 is 15.2. The van der Waals surface area contributed by atoms with Crippen molar-refractivity contribution in [1.82, 2.24) is 14.3 Å². The molecule has 4 heterocycles. The van der Waals surface area contributed by atoms with E-state index in [1.165, 1.54) is 18.4 Å². The van der Waals surface area contributed by atoms with E-state index in [2.05, 4.69) is 5.10 Å². The van der Waals surface area contributed by atoms with Crippen molar-refractivity contribution in [3.63, 3.8) is 0 Å². The van der Waals surface area contributed by atoms with Crippen LogP contribution < -0.4 is 19.6 Å². The van der Waals surface area contributed by atoms with Crippen molar-refractivity contribution in [3.05, 3.63) is 67.5 Å². The van der Waals surface area contributed by atoms with E-state index in [1.54, 1.807) is 28.4 Å². The first-order chi connectivity index (χ1) is 14.4. The highest BCUT2D eigenvalue weighted by molar-refractivity contribution is 7.07. The van der Waals surface area contributed by atoms with Gasteiger partial charge in [-0.1, -0.05) is 29.5 Å². The first-order valence-corrected chi connectivity index (χ1v) is 10.5. The molecule has 8 nitrogen and oxygen atoms in total. The van der Waals surface area contributed by atoms with E-state index < -0.39 is 23.7 Å². The smallest absolute Gasteiger partial charge is 0.317 e. The van der Waals surface area contributed by atoms with Gasteiger partial charge in [0.1, 0.15) is 11.7 Å². The normalized spacial score (nSPS) is 24.4. The maximum atomic E-state index is 13.4. The van der Waals surface area contributed by atoms with Crippen LogP contribution in [0, 0.1) is 5.92 Å². The molecule has 0 fully saturated rings. The summed E-state index contributed by atoms with van der Waals surface area (Å²) in [6.45, 7) is 4.51. The lowest BCUT2D eigenvalue weighted by Gasteiger charge is -2.44. The van der Waals surface area contributed by atoms with Crippen LogP contribution >= 0.6 is 11.3 Å². The van der Waals surface area contributed by atoms with Crippen LogP contribution in [0.15, 0.2) is 46.4 Å². The Morgan fingerprint density at radius 1 is 1.40 bits per heavy atom. The highest BCUT2D eigenvalue weighted by Crippen LogP contribution is 2.47. The molecule has 3 unspecified atom stereocenters. The number of carbonyl (C=O) groups is 1. The van der Waals surface area contributed by atoms with Gasteiger partial charge in [0.25, 0.3) is 5.56 Å². The molecule has 2 aliphatic heterocycles. The summed E-state index contributed by atoms with van der Waals surface area (Å²) in [4.78, 5) is 31.4. The summed E-state index contributed by atoms with van der Waals surface area (Å²) in [6.07, 6.45) is 5.41. The van der Waals surface area contributed by atoms with Gasteiger partial charge < -0.3 is 9.47 Å². The molecular weight excluding hydrogens is 404 g/mol. The number of hydrogen-bond acceptors (Lipinski definition) is 7. The number of benzene rings is 1. The number of ether oxygens (including phenoxy) is 2. The van der Waals surface area contributed by atoms with Gasteiger partial charge in [-0.2, -0.15) is 5.10 Å². The maximum absolute atomic E-state index is 13.4. The van der Waals surface area contributed by atoms with Crippen molar-refractivity contribution >= 4 is 23.4 Å². The van der Waals surface area contributed by atoms with Crippen molar-refractivity contribution in [2.24, 2.45) is 10.9 Å². The summed E-state index contributed by atoms with van der Waals surface area (Å²) in [6, 6.07) is 6.89. The first kappa shape index (κ1) is 18.8. The zero-order valence-electron chi connectivity index (χ0n) is 16.7. The molecule has 0 saturated carbocycles. The Hall–Kier alpha value is -3.20. The lowest BCUT2D eigenvalue weighted by atomic mass is 9.81. The molecule has 3 aromatic rings. The largest absolute Gasteiger partial charge is 0.469 e. The van der Waals surface area contributed by atoms with Crippen LogP contribution in [0.1, 0.15) is 31.0 Å². The van der Waals surface area contributed by atoms with E-state index in [4.69, 9.17) is 14.5 Å². The number of fused-ring (bicyclic) bond motifs is 6. The zero-order chi connectivity index (χ0) is 21.0. The Balaban J connectivity index is 1.77. The number of hydrogen-bond donors (Lipinski definition) is 0. The number of para-hydroxylation sites is 1. The van der Waals surface area contributed by atoms with Crippen molar-refractivity contribution in [1.29, 1.82) is 0 Å². The molecular formula is C21H20N4O4S. The lowest BCUT2D eigenvalue weighted by molar-refractivity contribution is -0.158. The Kier molecular flexibility index (Phi) is 4.18. The van der Waals surface area contributed by atoms with Crippen LogP contribution in [0.3, 0.4) is 0 Å². The number of aromatic nitrogens is 3. The molecule has 5 rings (SSSR count). The van der Waals surface area contributed by atoms with Gasteiger partial charge in [-0.25, -0.2) is 4.99 Å². The number of aryl methyl sites for hydroxylation is 1. The van der Waals surface area contributed by atoms with Crippen molar-refractivity contribution in [3.8, 4) is 5.75 Å². The third-order valence-electron chi connectivity index (χ3n) is 5.61. The highest BCUT2D eigenvalue weighted by atomic mass is 32.1. The van der Waals surface area contributed by atoms with Gasteiger partial charge >= 0.3 is 5.97 Å². The number of methoxy groups -OCH3 is 1. The summed E-state index contributed by atoms with van der Waals surface area (Å²) in [7, 11) is 1.34. The van der Waals surface area contributed by atoms with Gasteiger partial charge in [0, 0.05) is 23.9 Å². The molecule has 2 bridgehead atoms. The van der Waals surface area contributed by atoms with Crippen LogP contribution in [0.5, 0.6) is 5.75 Å². The van der Waals surface area contributed by atoms with E-state index in [1.807, 2.05) is 37.4 Å². The summed E-state index contributed by atoms with van der Waals surface area (Å²) in [5, 5.41) is 4.26. The van der Waals surface area contributed by atoms with Gasteiger partial charge in [-0.05, 0) is 26.0 Å². The Labute approximate surface area is 175 Å². The zero-order valence-corrected chi connectivity index (χ0v) is 17.5. The molecule has 3 atom stereocenters. The topological polar surface area (TPSA) is 87.7 Å². The second-order valence-electron chi connectivity index (χ2n) is 7.45. The van der Waals surface area contributed by atoms with Crippen LogP contribution in [-0.4, -0.2) is 33.2 Å². The minimum atomic E-state index is -1.16. The van der Waals surface area contributed by atoms with E-state index >= 15 is 0 Å². The van der Waals surface area contributed by atoms with Gasteiger partial charge in [-0.3, -0.25) is 18.8 Å².